The highest BCUT2D eigenvalue weighted by molar-refractivity contribution is 5.54. The van der Waals surface area contributed by atoms with Crippen LogP contribution in [0.1, 0.15) is 40.3 Å². The number of aliphatic hydroxyl groups is 1. The van der Waals surface area contributed by atoms with E-state index in [2.05, 4.69) is 15.4 Å². The van der Waals surface area contributed by atoms with Crippen LogP contribution in [0, 0.1) is 0 Å². The first-order valence-electron chi connectivity index (χ1n) is 12.8. The number of rotatable bonds is 7. The van der Waals surface area contributed by atoms with Crippen molar-refractivity contribution >= 4 is 0 Å². The molecule has 1 N–H and O–H groups in total. The molecule has 2 aromatic heterocycles. The van der Waals surface area contributed by atoms with Crippen molar-refractivity contribution in [3.05, 3.63) is 131 Å². The number of nitrogens with zero attached hydrogens (tertiary/aromatic N) is 5. The highest BCUT2D eigenvalue weighted by Crippen LogP contribution is 2.39. The summed E-state index contributed by atoms with van der Waals surface area (Å²) in [6.07, 6.45) is -5.83. The van der Waals surface area contributed by atoms with Gasteiger partial charge in [-0.2, -0.15) is 31.1 Å². The Bertz CT molecular complexity index is 1590. The van der Waals surface area contributed by atoms with Crippen LogP contribution in [0.3, 0.4) is 0 Å². The Morgan fingerprint density at radius 2 is 1.12 bits per heavy atom. The highest BCUT2D eigenvalue weighted by Gasteiger charge is 2.38. The van der Waals surface area contributed by atoms with Crippen molar-refractivity contribution in [3.63, 3.8) is 0 Å². The molecule has 0 saturated heterocycles. The number of halogens is 7. The van der Waals surface area contributed by atoms with Gasteiger partial charge in [0.1, 0.15) is 5.60 Å². The Labute approximate surface area is 248 Å². The van der Waals surface area contributed by atoms with Crippen molar-refractivity contribution in [1.82, 2.24) is 20.2 Å². The van der Waals surface area contributed by atoms with Crippen LogP contribution in [0.15, 0.2) is 97.3 Å². The minimum absolute atomic E-state index is 0. The maximum atomic E-state index is 13.2. The fourth-order valence-corrected chi connectivity index (χ4v) is 4.57. The third-order valence-electron chi connectivity index (χ3n) is 6.88. The summed E-state index contributed by atoms with van der Waals surface area (Å²) in [7, 11) is 0. The molecule has 0 unspecified atom stereocenters. The molecule has 0 amide bonds. The van der Waals surface area contributed by atoms with E-state index in [1.165, 1.54) is 4.80 Å². The predicted molar refractivity (Wildman–Crippen MR) is 140 cm³/mol. The highest BCUT2D eigenvalue weighted by atomic mass is 35.5. The zero-order chi connectivity index (χ0) is 30.1. The van der Waals surface area contributed by atoms with Crippen LogP contribution in [0.25, 0.3) is 11.4 Å². The van der Waals surface area contributed by atoms with Gasteiger partial charge < -0.3 is 17.5 Å². The average molecular weight is 620 g/mol. The number of tetrazole rings is 1. The Kier molecular flexibility index (Phi) is 8.93. The van der Waals surface area contributed by atoms with E-state index in [-0.39, 0.29) is 29.1 Å². The van der Waals surface area contributed by atoms with Gasteiger partial charge in [-0.25, -0.2) is 4.57 Å². The van der Waals surface area contributed by atoms with Gasteiger partial charge >= 0.3 is 12.4 Å². The monoisotopic (exact) mass is 619 g/mol. The first kappa shape index (κ1) is 31.6. The van der Waals surface area contributed by atoms with Crippen LogP contribution < -0.4 is 17.0 Å². The quantitative estimate of drug-likeness (QED) is 0.225. The lowest BCUT2D eigenvalue weighted by Gasteiger charge is -2.30. The summed E-state index contributed by atoms with van der Waals surface area (Å²) < 4.78 is 80.9. The maximum Gasteiger partial charge on any atom is 0.416 e. The molecule has 0 aliphatic rings. The molecule has 224 valence electrons. The minimum Gasteiger partial charge on any atom is -1.00 e. The van der Waals surface area contributed by atoms with Crippen molar-refractivity contribution in [2.24, 2.45) is 0 Å². The van der Waals surface area contributed by atoms with E-state index in [1.54, 1.807) is 24.5 Å². The molecule has 0 fully saturated rings. The van der Waals surface area contributed by atoms with Crippen molar-refractivity contribution in [2.75, 3.05) is 0 Å². The molecule has 6 nitrogen and oxygen atoms in total. The maximum absolute atomic E-state index is 13.2. The normalized spacial score (nSPS) is 12.2. The second-order valence-electron chi connectivity index (χ2n) is 9.62. The second-order valence-corrected chi connectivity index (χ2v) is 9.62. The fourth-order valence-electron chi connectivity index (χ4n) is 4.57. The van der Waals surface area contributed by atoms with Crippen molar-refractivity contribution in [3.8, 4) is 11.4 Å². The molecule has 0 saturated carbocycles. The summed E-state index contributed by atoms with van der Waals surface area (Å²) in [4.78, 5) is 1.48. The number of aryl methyl sites for hydroxylation is 1. The van der Waals surface area contributed by atoms with Gasteiger partial charge in [-0.1, -0.05) is 48.5 Å². The lowest BCUT2D eigenvalue weighted by Crippen LogP contribution is -3.00. The van der Waals surface area contributed by atoms with Gasteiger partial charge in [-0.3, -0.25) is 0 Å². The zero-order valence-electron chi connectivity index (χ0n) is 22.5. The smallest absolute Gasteiger partial charge is 0.416 e. The number of pyridine rings is 1. The lowest BCUT2D eigenvalue weighted by molar-refractivity contribution is -0.688. The predicted octanol–water partition coefficient (Wildman–Crippen LogP) is 3.02. The Balaban J connectivity index is 0.00000423. The molecule has 13 heteroatoms. The molecule has 2 heterocycles. The largest absolute Gasteiger partial charge is 1.00 e. The number of benzene rings is 3. The average Bonchev–Trinajstić information content (AvgIpc) is 3.46. The molecule has 0 atom stereocenters. The molecule has 5 rings (SSSR count). The molecule has 5 aromatic rings. The minimum atomic E-state index is -4.59. The second kappa shape index (κ2) is 12.1. The van der Waals surface area contributed by atoms with E-state index in [0.717, 1.165) is 59.7 Å². The van der Waals surface area contributed by atoms with Crippen molar-refractivity contribution < 1.29 is 48.4 Å². The van der Waals surface area contributed by atoms with Crippen LogP contribution in [0.2, 0.25) is 0 Å². The van der Waals surface area contributed by atoms with Gasteiger partial charge in [0.05, 0.1) is 17.7 Å². The molecule has 0 bridgehead atoms. The summed E-state index contributed by atoms with van der Waals surface area (Å²) in [6, 6.07) is 18.5. The van der Waals surface area contributed by atoms with E-state index in [0.29, 0.717) is 18.9 Å². The van der Waals surface area contributed by atoms with E-state index >= 15 is 0 Å². The number of aromatic nitrogens is 5. The molecular weight excluding hydrogens is 596 g/mol. The van der Waals surface area contributed by atoms with Crippen LogP contribution in [0.4, 0.5) is 26.3 Å². The molecular formula is C30H24ClF6N5O. The molecule has 0 aliphatic carbocycles. The molecule has 0 spiro atoms. The first-order valence-corrected chi connectivity index (χ1v) is 12.8. The number of hydrogen-bond acceptors (Lipinski definition) is 4. The van der Waals surface area contributed by atoms with E-state index in [9.17, 15) is 31.4 Å². The summed E-state index contributed by atoms with van der Waals surface area (Å²) in [5.41, 5.74) is -1.71. The van der Waals surface area contributed by atoms with Crippen molar-refractivity contribution in [1.29, 1.82) is 0 Å². The fraction of sp³-hybridized carbons (Fsp3) is 0.200. The Morgan fingerprint density at radius 1 is 0.674 bits per heavy atom. The van der Waals surface area contributed by atoms with Gasteiger partial charge in [0, 0.05) is 28.8 Å². The lowest BCUT2D eigenvalue weighted by atomic mass is 9.80. The summed E-state index contributed by atoms with van der Waals surface area (Å²) in [6.45, 7) is 2.96. The van der Waals surface area contributed by atoms with Crippen LogP contribution >= 0.6 is 0 Å². The third kappa shape index (κ3) is 6.70. The molecule has 0 radical (unpaired) electrons. The van der Waals surface area contributed by atoms with Gasteiger partial charge in [-0.05, 0) is 47.5 Å². The molecule has 43 heavy (non-hydrogen) atoms. The van der Waals surface area contributed by atoms with Gasteiger partial charge in [0.15, 0.2) is 18.9 Å². The third-order valence-corrected chi connectivity index (χ3v) is 6.88. The van der Waals surface area contributed by atoms with E-state index < -0.39 is 29.1 Å². The van der Waals surface area contributed by atoms with E-state index in [4.69, 9.17) is 0 Å². The first-order chi connectivity index (χ1) is 19.9. The van der Waals surface area contributed by atoms with Gasteiger partial charge in [-0.15, -0.1) is 10.2 Å². The van der Waals surface area contributed by atoms with Crippen LogP contribution in [-0.4, -0.2) is 25.3 Å². The summed E-state index contributed by atoms with van der Waals surface area (Å²) in [5.74, 6) is 0.506. The van der Waals surface area contributed by atoms with Crippen LogP contribution in [-0.2, 0) is 31.0 Å². The van der Waals surface area contributed by atoms with E-state index in [1.807, 2.05) is 35.8 Å². The zero-order valence-corrected chi connectivity index (χ0v) is 23.2. The number of hydrogen-bond donors (Lipinski definition) is 1. The molecule has 0 aliphatic heterocycles. The Morgan fingerprint density at radius 3 is 1.53 bits per heavy atom. The van der Waals surface area contributed by atoms with Gasteiger partial charge in [0.25, 0.3) is 0 Å². The van der Waals surface area contributed by atoms with Gasteiger partial charge in [0.2, 0.25) is 5.82 Å². The van der Waals surface area contributed by atoms with Crippen LogP contribution in [0.5, 0.6) is 0 Å². The van der Waals surface area contributed by atoms with Crippen molar-refractivity contribution in [2.45, 2.75) is 38.0 Å². The Hall–Kier alpha value is -4.29. The summed E-state index contributed by atoms with van der Waals surface area (Å²) in [5, 5.41) is 24.2. The standard InChI is InChI=1S/C30H24F6N5O.ClH/c1-2-41-38-27(37-39-41)21-5-3-20(4-6-21)19-40-17-15-24(16-18-40)28(42,22-7-11-25(12-8-22)29(31,32)33)23-9-13-26(14-10-23)30(34,35)36;/h3-18,42H,2,19H2,1H3;1H/q+1;/p-1. The molecule has 3 aromatic carbocycles. The SMILES string of the molecule is CCn1nnc(-c2ccc(C[n+]3ccc(C(O)(c4ccc(C(F)(F)F)cc4)c4ccc(C(F)(F)F)cc4)cc3)cc2)n1.[Cl-]. The topological polar surface area (TPSA) is 67.7 Å². The summed E-state index contributed by atoms with van der Waals surface area (Å²) >= 11 is 0. The number of alkyl halides is 6.